The molecule has 0 amide bonds. The maximum absolute atomic E-state index is 3.62. The molecule has 0 saturated carbocycles. The van der Waals surface area contributed by atoms with Gasteiger partial charge >= 0.3 is 0 Å². The summed E-state index contributed by atoms with van der Waals surface area (Å²) in [7, 11) is 0. The Balaban J connectivity index is 2.33. The van der Waals surface area contributed by atoms with Crippen molar-refractivity contribution in [2.24, 2.45) is 0 Å². The molecule has 0 aliphatic carbocycles. The second-order valence-electron chi connectivity index (χ2n) is 4.95. The number of nitrogens with one attached hydrogen (secondary N) is 1. The van der Waals surface area contributed by atoms with Crippen molar-refractivity contribution in [3.05, 3.63) is 57.3 Å². The summed E-state index contributed by atoms with van der Waals surface area (Å²) in [5.41, 5.74) is 4.22. The summed E-state index contributed by atoms with van der Waals surface area (Å²) in [6, 6.07) is 11.6. The third-order valence-corrected chi connectivity index (χ3v) is 4.48. The fraction of sp³-hybridized carbons (Fsp3) is 0.412. The molecule has 1 aromatic carbocycles. The summed E-state index contributed by atoms with van der Waals surface area (Å²) in [6.07, 6.45) is 2.36. The normalized spacial score (nSPS) is 12.6. The minimum absolute atomic E-state index is 0.335. The van der Waals surface area contributed by atoms with Crippen molar-refractivity contribution in [2.45, 2.75) is 39.7 Å². The predicted octanol–water partition coefficient (Wildman–Crippen LogP) is 4.71. The molecule has 1 nitrogen and oxygen atoms in total. The summed E-state index contributed by atoms with van der Waals surface area (Å²) in [4.78, 5) is 1.44. The van der Waals surface area contributed by atoms with Crippen LogP contribution < -0.4 is 5.32 Å². The summed E-state index contributed by atoms with van der Waals surface area (Å²) in [6.45, 7) is 7.59. The third kappa shape index (κ3) is 3.46. The summed E-state index contributed by atoms with van der Waals surface area (Å²) in [5.74, 6) is 0. The van der Waals surface area contributed by atoms with Gasteiger partial charge < -0.3 is 5.32 Å². The zero-order valence-electron chi connectivity index (χ0n) is 12.1. The van der Waals surface area contributed by atoms with Crippen LogP contribution in [0.3, 0.4) is 0 Å². The molecule has 2 rings (SSSR count). The molecular weight excluding hydrogens is 250 g/mol. The van der Waals surface area contributed by atoms with E-state index in [4.69, 9.17) is 0 Å². The Kier molecular flexibility index (Phi) is 5.17. The van der Waals surface area contributed by atoms with E-state index in [0.29, 0.717) is 6.04 Å². The highest BCUT2D eigenvalue weighted by Crippen LogP contribution is 2.29. The molecular formula is C17H23NS. The second-order valence-corrected chi connectivity index (χ2v) is 5.90. The fourth-order valence-electron chi connectivity index (χ4n) is 2.46. The molecule has 0 fully saturated rings. The third-order valence-electron chi connectivity index (χ3n) is 3.40. The van der Waals surface area contributed by atoms with Crippen LogP contribution in [0.2, 0.25) is 0 Å². The monoisotopic (exact) mass is 273 g/mol. The highest BCUT2D eigenvalue weighted by atomic mass is 32.1. The largest absolute Gasteiger partial charge is 0.306 e. The number of benzene rings is 1. The van der Waals surface area contributed by atoms with Crippen molar-refractivity contribution in [3.8, 4) is 0 Å². The molecule has 0 aliphatic rings. The molecule has 2 heteroatoms. The fourth-order valence-corrected chi connectivity index (χ4v) is 3.49. The quantitative estimate of drug-likeness (QED) is 0.804. The molecule has 1 atom stereocenters. The van der Waals surface area contributed by atoms with E-state index >= 15 is 0 Å². The SMILES string of the molecule is CCCc1cccc(C(NCC)c2sccc2C)c1. The average molecular weight is 273 g/mol. The van der Waals surface area contributed by atoms with Gasteiger partial charge in [0.05, 0.1) is 6.04 Å². The van der Waals surface area contributed by atoms with Crippen molar-refractivity contribution in [1.82, 2.24) is 5.32 Å². The Labute approximate surface area is 120 Å². The lowest BCUT2D eigenvalue weighted by Crippen LogP contribution is -2.21. The first kappa shape index (κ1) is 14.3. The standard InChI is InChI=1S/C17H23NS/c1-4-7-14-8-6-9-15(12-14)16(18-5-2)17-13(3)10-11-19-17/h6,8-12,16,18H,4-5,7H2,1-3H3. The van der Waals surface area contributed by atoms with Gasteiger partial charge in [-0.25, -0.2) is 0 Å². The van der Waals surface area contributed by atoms with E-state index in [9.17, 15) is 0 Å². The van der Waals surface area contributed by atoms with Gasteiger partial charge in [-0.2, -0.15) is 0 Å². The molecule has 1 aromatic heterocycles. The minimum Gasteiger partial charge on any atom is -0.306 e. The second kappa shape index (κ2) is 6.88. The smallest absolute Gasteiger partial charge is 0.0673 e. The topological polar surface area (TPSA) is 12.0 Å². The maximum atomic E-state index is 3.62. The van der Waals surface area contributed by atoms with Gasteiger partial charge in [0.15, 0.2) is 0 Å². The highest BCUT2D eigenvalue weighted by molar-refractivity contribution is 7.10. The van der Waals surface area contributed by atoms with Gasteiger partial charge in [0.25, 0.3) is 0 Å². The molecule has 0 saturated heterocycles. The van der Waals surface area contributed by atoms with E-state index in [1.165, 1.54) is 28.0 Å². The van der Waals surface area contributed by atoms with Crippen LogP contribution in [0.25, 0.3) is 0 Å². The van der Waals surface area contributed by atoms with Gasteiger partial charge in [-0.15, -0.1) is 11.3 Å². The van der Waals surface area contributed by atoms with Crippen LogP contribution in [0.1, 0.15) is 47.9 Å². The first-order valence-corrected chi connectivity index (χ1v) is 8.00. The Hall–Kier alpha value is -1.12. The van der Waals surface area contributed by atoms with Crippen molar-refractivity contribution in [3.63, 3.8) is 0 Å². The van der Waals surface area contributed by atoms with Crippen LogP contribution in [0.5, 0.6) is 0 Å². The molecule has 0 radical (unpaired) electrons. The van der Waals surface area contributed by atoms with Gasteiger partial charge in [-0.05, 0) is 48.0 Å². The van der Waals surface area contributed by atoms with Crippen molar-refractivity contribution >= 4 is 11.3 Å². The summed E-state index contributed by atoms with van der Waals surface area (Å²) >= 11 is 1.85. The van der Waals surface area contributed by atoms with Crippen LogP contribution >= 0.6 is 11.3 Å². The van der Waals surface area contributed by atoms with Crippen LogP contribution in [-0.4, -0.2) is 6.54 Å². The molecule has 102 valence electrons. The zero-order chi connectivity index (χ0) is 13.7. The van der Waals surface area contributed by atoms with E-state index in [2.05, 4.69) is 61.8 Å². The summed E-state index contributed by atoms with van der Waals surface area (Å²) < 4.78 is 0. The van der Waals surface area contributed by atoms with Gasteiger partial charge in [-0.1, -0.05) is 44.5 Å². The lowest BCUT2D eigenvalue weighted by molar-refractivity contribution is 0.636. The Morgan fingerprint density at radius 3 is 2.68 bits per heavy atom. The first-order chi connectivity index (χ1) is 9.26. The van der Waals surface area contributed by atoms with Crippen LogP contribution in [0.15, 0.2) is 35.7 Å². The molecule has 1 unspecified atom stereocenters. The lowest BCUT2D eigenvalue weighted by Gasteiger charge is -2.19. The Bertz CT molecular complexity index is 515. The van der Waals surface area contributed by atoms with Crippen LogP contribution in [0.4, 0.5) is 0 Å². The molecule has 0 bridgehead atoms. The lowest BCUT2D eigenvalue weighted by atomic mass is 9.99. The zero-order valence-corrected chi connectivity index (χ0v) is 12.9. The molecule has 19 heavy (non-hydrogen) atoms. The van der Waals surface area contributed by atoms with Gasteiger partial charge in [-0.3, -0.25) is 0 Å². The minimum atomic E-state index is 0.335. The van der Waals surface area contributed by atoms with E-state index in [1.807, 2.05) is 11.3 Å². The Morgan fingerprint density at radius 2 is 2.05 bits per heavy atom. The molecule has 2 aromatic rings. The van der Waals surface area contributed by atoms with Crippen LogP contribution in [-0.2, 0) is 6.42 Å². The predicted molar refractivity (Wildman–Crippen MR) is 85.0 cm³/mol. The number of hydrogen-bond donors (Lipinski definition) is 1. The van der Waals surface area contributed by atoms with E-state index < -0.39 is 0 Å². The van der Waals surface area contributed by atoms with Gasteiger partial charge in [0, 0.05) is 4.88 Å². The van der Waals surface area contributed by atoms with Gasteiger partial charge in [0.1, 0.15) is 0 Å². The van der Waals surface area contributed by atoms with Crippen molar-refractivity contribution in [1.29, 1.82) is 0 Å². The van der Waals surface area contributed by atoms with Crippen molar-refractivity contribution in [2.75, 3.05) is 6.54 Å². The average Bonchev–Trinajstić information content (AvgIpc) is 2.83. The van der Waals surface area contributed by atoms with Crippen molar-refractivity contribution < 1.29 is 0 Å². The molecule has 1 heterocycles. The number of thiophene rings is 1. The maximum Gasteiger partial charge on any atom is 0.0673 e. The van der Waals surface area contributed by atoms with E-state index in [0.717, 1.165) is 13.0 Å². The van der Waals surface area contributed by atoms with E-state index in [1.54, 1.807) is 0 Å². The van der Waals surface area contributed by atoms with E-state index in [-0.39, 0.29) is 0 Å². The number of rotatable bonds is 6. The number of aryl methyl sites for hydroxylation is 2. The van der Waals surface area contributed by atoms with Crippen LogP contribution in [0, 0.1) is 6.92 Å². The molecule has 0 aliphatic heterocycles. The molecule has 0 spiro atoms. The molecule has 1 N–H and O–H groups in total. The number of hydrogen-bond acceptors (Lipinski definition) is 2. The Morgan fingerprint density at radius 1 is 1.21 bits per heavy atom. The van der Waals surface area contributed by atoms with Gasteiger partial charge in [0.2, 0.25) is 0 Å². The first-order valence-electron chi connectivity index (χ1n) is 7.12. The highest BCUT2D eigenvalue weighted by Gasteiger charge is 2.16. The summed E-state index contributed by atoms with van der Waals surface area (Å²) in [5, 5.41) is 5.81.